The van der Waals surface area contributed by atoms with Crippen molar-refractivity contribution in [2.75, 3.05) is 0 Å². The lowest BCUT2D eigenvalue weighted by atomic mass is 9.98. The molecule has 0 saturated carbocycles. The predicted molar refractivity (Wildman–Crippen MR) is 69.8 cm³/mol. The molecule has 0 atom stereocenters. The maximum atomic E-state index is 13.0. The van der Waals surface area contributed by atoms with Gasteiger partial charge in [0.1, 0.15) is 5.82 Å². The van der Waals surface area contributed by atoms with Crippen molar-refractivity contribution in [3.63, 3.8) is 0 Å². The van der Waals surface area contributed by atoms with Gasteiger partial charge in [-0.15, -0.1) is 0 Å². The van der Waals surface area contributed by atoms with Crippen molar-refractivity contribution in [3.8, 4) is 0 Å². The van der Waals surface area contributed by atoms with Gasteiger partial charge in [0.05, 0.1) is 5.02 Å². The third-order valence-corrected chi connectivity index (χ3v) is 2.89. The molecule has 0 heterocycles. The number of amides is 1. The van der Waals surface area contributed by atoms with E-state index < -0.39 is 23.2 Å². The highest BCUT2D eigenvalue weighted by molar-refractivity contribution is 6.31. The van der Waals surface area contributed by atoms with E-state index in [1.54, 1.807) is 13.8 Å². The van der Waals surface area contributed by atoms with Gasteiger partial charge in [-0.2, -0.15) is 0 Å². The lowest BCUT2D eigenvalue weighted by Crippen LogP contribution is -2.43. The summed E-state index contributed by atoms with van der Waals surface area (Å²) >= 11 is 5.60. The zero-order chi connectivity index (χ0) is 14.6. The summed E-state index contributed by atoms with van der Waals surface area (Å²) < 4.78 is 13.0. The molecule has 1 amide bonds. The largest absolute Gasteiger partial charge is 0.481 e. The van der Waals surface area contributed by atoms with Crippen molar-refractivity contribution in [2.24, 2.45) is 0 Å². The van der Waals surface area contributed by atoms with Gasteiger partial charge in [-0.1, -0.05) is 11.6 Å². The predicted octanol–water partition coefficient (Wildman–Crippen LogP) is 2.85. The Morgan fingerprint density at radius 2 is 2.05 bits per heavy atom. The van der Waals surface area contributed by atoms with Gasteiger partial charge in [-0.25, -0.2) is 4.39 Å². The molecule has 0 saturated heterocycles. The first-order chi connectivity index (χ1) is 8.71. The van der Waals surface area contributed by atoms with Crippen LogP contribution in [-0.2, 0) is 4.79 Å². The molecule has 0 radical (unpaired) electrons. The van der Waals surface area contributed by atoms with Crippen LogP contribution in [0.15, 0.2) is 18.2 Å². The third kappa shape index (κ3) is 4.87. The van der Waals surface area contributed by atoms with Gasteiger partial charge in [0.2, 0.25) is 0 Å². The van der Waals surface area contributed by atoms with Crippen LogP contribution in [0.4, 0.5) is 4.39 Å². The van der Waals surface area contributed by atoms with Crippen LogP contribution in [0.25, 0.3) is 0 Å². The lowest BCUT2D eigenvalue weighted by Gasteiger charge is -2.25. The summed E-state index contributed by atoms with van der Waals surface area (Å²) in [5.74, 6) is -1.94. The van der Waals surface area contributed by atoms with Crippen LogP contribution < -0.4 is 5.32 Å². The first-order valence-electron chi connectivity index (χ1n) is 5.70. The molecule has 1 aromatic rings. The second-order valence-corrected chi connectivity index (χ2v) is 5.27. The fraction of sp³-hybridized carbons (Fsp3) is 0.385. The Kier molecular flexibility index (Phi) is 4.89. The first kappa shape index (κ1) is 15.4. The molecular formula is C13H15ClFNO3. The maximum Gasteiger partial charge on any atom is 0.303 e. The van der Waals surface area contributed by atoms with Crippen LogP contribution >= 0.6 is 11.6 Å². The van der Waals surface area contributed by atoms with E-state index in [4.69, 9.17) is 16.7 Å². The molecule has 2 N–H and O–H groups in total. The van der Waals surface area contributed by atoms with Gasteiger partial charge in [0.15, 0.2) is 0 Å². The average molecular weight is 288 g/mol. The quantitative estimate of drug-likeness (QED) is 0.875. The van der Waals surface area contributed by atoms with E-state index >= 15 is 0 Å². The molecule has 0 bridgehead atoms. The molecule has 0 aliphatic heterocycles. The van der Waals surface area contributed by atoms with E-state index in [0.717, 1.165) is 6.07 Å². The summed E-state index contributed by atoms with van der Waals surface area (Å²) in [5, 5.41) is 11.2. The van der Waals surface area contributed by atoms with E-state index in [0.29, 0.717) is 6.42 Å². The summed E-state index contributed by atoms with van der Waals surface area (Å²) in [4.78, 5) is 22.4. The van der Waals surface area contributed by atoms with E-state index in [1.165, 1.54) is 12.1 Å². The number of hydrogen-bond acceptors (Lipinski definition) is 2. The number of carbonyl (C=O) groups is 2. The van der Waals surface area contributed by atoms with Crippen LogP contribution in [-0.4, -0.2) is 22.5 Å². The van der Waals surface area contributed by atoms with Crippen LogP contribution in [0.5, 0.6) is 0 Å². The minimum absolute atomic E-state index is 0.0442. The normalized spacial score (nSPS) is 11.2. The second-order valence-electron chi connectivity index (χ2n) is 4.86. The van der Waals surface area contributed by atoms with Crippen molar-refractivity contribution in [1.29, 1.82) is 0 Å². The van der Waals surface area contributed by atoms with Crippen LogP contribution in [0.3, 0.4) is 0 Å². The van der Waals surface area contributed by atoms with Crippen LogP contribution in [0, 0.1) is 5.82 Å². The van der Waals surface area contributed by atoms with Crippen molar-refractivity contribution in [2.45, 2.75) is 32.2 Å². The number of rotatable bonds is 5. The molecule has 0 unspecified atom stereocenters. The molecule has 0 aliphatic rings. The van der Waals surface area contributed by atoms with E-state index in [-0.39, 0.29) is 17.0 Å². The molecule has 104 valence electrons. The van der Waals surface area contributed by atoms with Gasteiger partial charge in [-0.3, -0.25) is 9.59 Å². The Hall–Kier alpha value is -1.62. The third-order valence-electron chi connectivity index (χ3n) is 2.60. The van der Waals surface area contributed by atoms with Gasteiger partial charge < -0.3 is 10.4 Å². The number of carboxylic acids is 1. The van der Waals surface area contributed by atoms with Gasteiger partial charge in [0.25, 0.3) is 5.91 Å². The van der Waals surface area contributed by atoms with Crippen LogP contribution in [0.2, 0.25) is 5.02 Å². The minimum atomic E-state index is -0.924. The lowest BCUT2D eigenvalue weighted by molar-refractivity contribution is -0.137. The Bertz CT molecular complexity index is 503. The fourth-order valence-electron chi connectivity index (χ4n) is 1.50. The Balaban J connectivity index is 2.72. The van der Waals surface area contributed by atoms with E-state index in [1.807, 2.05) is 0 Å². The zero-order valence-corrected chi connectivity index (χ0v) is 11.4. The molecule has 1 rings (SSSR count). The molecule has 6 heteroatoms. The summed E-state index contributed by atoms with van der Waals surface area (Å²) in [5.41, 5.74) is -0.439. The summed E-state index contributed by atoms with van der Waals surface area (Å²) in [6.07, 6.45) is 0.250. The van der Waals surface area contributed by atoms with Crippen molar-refractivity contribution < 1.29 is 19.1 Å². The molecule has 4 nitrogen and oxygen atoms in total. The number of benzene rings is 1. The minimum Gasteiger partial charge on any atom is -0.481 e. The monoisotopic (exact) mass is 287 g/mol. The van der Waals surface area contributed by atoms with Gasteiger partial charge in [-0.05, 0) is 38.5 Å². The summed E-state index contributed by atoms with van der Waals surface area (Å²) in [6.45, 7) is 3.44. The topological polar surface area (TPSA) is 66.4 Å². The number of aliphatic carboxylic acids is 1. The Morgan fingerprint density at radius 3 is 2.58 bits per heavy atom. The highest BCUT2D eigenvalue weighted by Crippen LogP contribution is 2.17. The molecule has 19 heavy (non-hydrogen) atoms. The number of carbonyl (C=O) groups excluding carboxylic acids is 1. The number of halogens is 2. The molecule has 0 aromatic heterocycles. The highest BCUT2D eigenvalue weighted by Gasteiger charge is 2.22. The van der Waals surface area contributed by atoms with Crippen molar-refractivity contribution in [3.05, 3.63) is 34.6 Å². The molecule has 1 aromatic carbocycles. The fourth-order valence-corrected chi connectivity index (χ4v) is 1.68. The zero-order valence-electron chi connectivity index (χ0n) is 10.7. The second kappa shape index (κ2) is 6.02. The highest BCUT2D eigenvalue weighted by atomic mass is 35.5. The van der Waals surface area contributed by atoms with Gasteiger partial charge >= 0.3 is 5.97 Å². The summed E-state index contributed by atoms with van der Waals surface area (Å²) in [6, 6.07) is 3.67. The molecule has 0 fully saturated rings. The smallest absolute Gasteiger partial charge is 0.303 e. The number of nitrogens with one attached hydrogen (secondary N) is 1. The van der Waals surface area contributed by atoms with Crippen molar-refractivity contribution >= 4 is 23.5 Å². The van der Waals surface area contributed by atoms with Gasteiger partial charge in [0, 0.05) is 17.5 Å². The SMILES string of the molecule is CC(C)(CCC(=O)O)NC(=O)c1ccc(F)c(Cl)c1. The molecular weight excluding hydrogens is 273 g/mol. The summed E-state index contributed by atoms with van der Waals surface area (Å²) in [7, 11) is 0. The Morgan fingerprint density at radius 1 is 1.42 bits per heavy atom. The standard InChI is InChI=1S/C13H15ClFNO3/c1-13(2,6-5-11(17)18)16-12(19)8-3-4-10(15)9(14)7-8/h3-4,7H,5-6H2,1-2H3,(H,16,19)(H,17,18). The van der Waals surface area contributed by atoms with E-state index in [9.17, 15) is 14.0 Å². The number of carboxylic acid groups (broad SMARTS) is 1. The van der Waals surface area contributed by atoms with Crippen molar-refractivity contribution in [1.82, 2.24) is 5.32 Å². The number of hydrogen-bond donors (Lipinski definition) is 2. The average Bonchev–Trinajstić information content (AvgIpc) is 2.29. The van der Waals surface area contributed by atoms with E-state index in [2.05, 4.69) is 5.32 Å². The molecule has 0 spiro atoms. The molecule has 0 aliphatic carbocycles. The maximum absolute atomic E-state index is 13.0. The first-order valence-corrected chi connectivity index (χ1v) is 6.08. The van der Waals surface area contributed by atoms with Crippen LogP contribution in [0.1, 0.15) is 37.0 Å². The Labute approximate surface area is 115 Å².